The lowest BCUT2D eigenvalue weighted by molar-refractivity contribution is 0.268. The first-order valence-electron chi connectivity index (χ1n) is 6.54. The molecule has 0 amide bonds. The van der Waals surface area contributed by atoms with E-state index in [1.807, 2.05) is 12.1 Å². The second-order valence-electron chi connectivity index (χ2n) is 5.62. The van der Waals surface area contributed by atoms with Crippen molar-refractivity contribution >= 4 is 27.5 Å². The minimum absolute atomic E-state index is 0.547. The lowest BCUT2D eigenvalue weighted by Gasteiger charge is -2.23. The van der Waals surface area contributed by atoms with Crippen molar-refractivity contribution in [1.82, 2.24) is 10.2 Å². The first-order chi connectivity index (χ1) is 8.67. The highest BCUT2D eigenvalue weighted by atomic mass is 79.9. The molecule has 98 valence electrons. The smallest absolute Gasteiger partial charge is 0.0410 e. The molecule has 1 aromatic rings. The van der Waals surface area contributed by atoms with Crippen LogP contribution < -0.4 is 5.32 Å². The third kappa shape index (κ3) is 2.60. The van der Waals surface area contributed by atoms with Gasteiger partial charge < -0.3 is 5.32 Å². The quantitative estimate of drug-likeness (QED) is 0.896. The molecule has 18 heavy (non-hydrogen) atoms. The number of likely N-dealkylation sites (tertiary alicyclic amines) is 1. The Morgan fingerprint density at radius 1 is 1.39 bits per heavy atom. The van der Waals surface area contributed by atoms with Gasteiger partial charge in [0.05, 0.1) is 0 Å². The van der Waals surface area contributed by atoms with Crippen molar-refractivity contribution in [2.24, 2.45) is 5.41 Å². The van der Waals surface area contributed by atoms with Gasteiger partial charge in [-0.1, -0.05) is 27.5 Å². The average molecular weight is 330 g/mol. The van der Waals surface area contributed by atoms with Crippen LogP contribution in [0.4, 0.5) is 0 Å². The van der Waals surface area contributed by atoms with Crippen molar-refractivity contribution in [2.45, 2.75) is 19.4 Å². The molecular formula is C14H18BrClN2. The second-order valence-corrected chi connectivity index (χ2v) is 6.91. The van der Waals surface area contributed by atoms with E-state index >= 15 is 0 Å². The molecule has 2 heterocycles. The van der Waals surface area contributed by atoms with Crippen molar-refractivity contribution in [1.29, 1.82) is 0 Å². The summed E-state index contributed by atoms with van der Waals surface area (Å²) in [6.07, 6.45) is 2.67. The summed E-state index contributed by atoms with van der Waals surface area (Å²) in [5, 5.41) is 4.33. The molecule has 2 aliphatic rings. The van der Waals surface area contributed by atoms with Gasteiger partial charge in [0.25, 0.3) is 0 Å². The average Bonchev–Trinajstić information content (AvgIpc) is 2.95. The van der Waals surface area contributed by atoms with Crippen molar-refractivity contribution in [3.8, 4) is 0 Å². The largest absolute Gasteiger partial charge is 0.316 e. The Hall–Kier alpha value is -0.0900. The summed E-state index contributed by atoms with van der Waals surface area (Å²) in [5.74, 6) is 0. The van der Waals surface area contributed by atoms with E-state index in [2.05, 4.69) is 32.2 Å². The van der Waals surface area contributed by atoms with Crippen LogP contribution in [0, 0.1) is 5.41 Å². The molecule has 2 aliphatic heterocycles. The number of hydrogen-bond donors (Lipinski definition) is 1. The van der Waals surface area contributed by atoms with E-state index in [0.717, 1.165) is 16.0 Å². The fourth-order valence-corrected chi connectivity index (χ4v) is 3.78. The molecule has 2 fully saturated rings. The predicted molar refractivity (Wildman–Crippen MR) is 79.0 cm³/mol. The fourth-order valence-electron chi connectivity index (χ4n) is 3.21. The molecular weight excluding hydrogens is 312 g/mol. The maximum Gasteiger partial charge on any atom is 0.0410 e. The van der Waals surface area contributed by atoms with Crippen LogP contribution in [0.5, 0.6) is 0 Å². The molecule has 1 aromatic carbocycles. The molecule has 1 N–H and O–H groups in total. The zero-order valence-electron chi connectivity index (χ0n) is 10.4. The Bertz CT molecular complexity index is 443. The Morgan fingerprint density at radius 3 is 3.06 bits per heavy atom. The molecule has 0 radical (unpaired) electrons. The highest BCUT2D eigenvalue weighted by Crippen LogP contribution is 2.37. The molecule has 1 atom stereocenters. The van der Waals surface area contributed by atoms with E-state index in [1.54, 1.807) is 0 Å². The van der Waals surface area contributed by atoms with Crippen molar-refractivity contribution in [3.63, 3.8) is 0 Å². The van der Waals surface area contributed by atoms with Crippen molar-refractivity contribution in [2.75, 3.05) is 26.2 Å². The van der Waals surface area contributed by atoms with E-state index in [0.29, 0.717) is 5.41 Å². The van der Waals surface area contributed by atoms with Crippen molar-refractivity contribution in [3.05, 3.63) is 33.3 Å². The highest BCUT2D eigenvalue weighted by Gasteiger charge is 2.40. The summed E-state index contributed by atoms with van der Waals surface area (Å²) >= 11 is 9.69. The zero-order valence-corrected chi connectivity index (χ0v) is 12.7. The minimum Gasteiger partial charge on any atom is -0.316 e. The fraction of sp³-hybridized carbons (Fsp3) is 0.571. The van der Waals surface area contributed by atoms with E-state index in [9.17, 15) is 0 Å². The van der Waals surface area contributed by atoms with Gasteiger partial charge in [-0.3, -0.25) is 4.90 Å². The van der Waals surface area contributed by atoms with Crippen LogP contribution in [0.2, 0.25) is 5.02 Å². The van der Waals surface area contributed by atoms with Crippen LogP contribution in [0.25, 0.3) is 0 Å². The molecule has 1 unspecified atom stereocenters. The molecule has 0 aromatic heterocycles. The monoisotopic (exact) mass is 328 g/mol. The van der Waals surface area contributed by atoms with Gasteiger partial charge in [-0.05, 0) is 55.1 Å². The van der Waals surface area contributed by atoms with Crippen LogP contribution in [-0.4, -0.2) is 31.1 Å². The zero-order chi connectivity index (χ0) is 12.6. The van der Waals surface area contributed by atoms with Gasteiger partial charge in [0.2, 0.25) is 0 Å². The predicted octanol–water partition coefficient (Wildman–Crippen LogP) is 3.29. The van der Waals surface area contributed by atoms with Crippen LogP contribution in [0.15, 0.2) is 22.7 Å². The summed E-state index contributed by atoms with van der Waals surface area (Å²) in [7, 11) is 0. The van der Waals surface area contributed by atoms with Gasteiger partial charge >= 0.3 is 0 Å². The lowest BCUT2D eigenvalue weighted by atomic mass is 9.86. The van der Waals surface area contributed by atoms with Gasteiger partial charge in [-0.2, -0.15) is 0 Å². The number of hydrogen-bond acceptors (Lipinski definition) is 2. The highest BCUT2D eigenvalue weighted by molar-refractivity contribution is 9.10. The van der Waals surface area contributed by atoms with E-state index in [-0.39, 0.29) is 0 Å². The topological polar surface area (TPSA) is 15.3 Å². The van der Waals surface area contributed by atoms with Gasteiger partial charge in [0, 0.05) is 29.1 Å². The normalized spacial score (nSPS) is 28.3. The van der Waals surface area contributed by atoms with Crippen LogP contribution in [0.3, 0.4) is 0 Å². The first kappa shape index (κ1) is 12.9. The van der Waals surface area contributed by atoms with E-state index in [1.165, 1.54) is 44.6 Å². The summed E-state index contributed by atoms with van der Waals surface area (Å²) in [6, 6.07) is 6.05. The maximum atomic E-state index is 6.07. The van der Waals surface area contributed by atoms with Gasteiger partial charge in [-0.15, -0.1) is 0 Å². The Morgan fingerprint density at radius 2 is 2.28 bits per heavy atom. The van der Waals surface area contributed by atoms with Crippen LogP contribution >= 0.6 is 27.5 Å². The summed E-state index contributed by atoms with van der Waals surface area (Å²) < 4.78 is 1.16. The molecule has 2 nitrogen and oxygen atoms in total. The number of halogens is 2. The SMILES string of the molecule is Clc1ccc(Br)c(CN2CCC3(CCNC3)C2)c1. The lowest BCUT2D eigenvalue weighted by Crippen LogP contribution is -2.29. The Kier molecular flexibility index (Phi) is 3.68. The Labute approximate surface area is 122 Å². The first-order valence-corrected chi connectivity index (χ1v) is 7.71. The number of rotatable bonds is 2. The number of benzene rings is 1. The maximum absolute atomic E-state index is 6.07. The molecule has 2 saturated heterocycles. The molecule has 0 aliphatic carbocycles. The summed E-state index contributed by atoms with van der Waals surface area (Å²) in [6.45, 7) is 5.82. The number of nitrogens with zero attached hydrogens (tertiary/aromatic N) is 1. The van der Waals surface area contributed by atoms with Gasteiger partial charge in [0.15, 0.2) is 0 Å². The summed E-state index contributed by atoms with van der Waals surface area (Å²) in [4.78, 5) is 2.56. The molecule has 0 bridgehead atoms. The third-order valence-corrected chi connectivity index (χ3v) is 5.26. The number of nitrogens with one attached hydrogen (secondary N) is 1. The molecule has 1 spiro atoms. The molecule has 0 saturated carbocycles. The van der Waals surface area contributed by atoms with Gasteiger partial charge in [-0.25, -0.2) is 0 Å². The van der Waals surface area contributed by atoms with E-state index in [4.69, 9.17) is 11.6 Å². The third-order valence-electron chi connectivity index (χ3n) is 4.25. The van der Waals surface area contributed by atoms with Crippen LogP contribution in [-0.2, 0) is 6.54 Å². The second kappa shape index (κ2) is 5.12. The standard InChI is InChI=1S/C14H18BrClN2/c15-13-2-1-12(16)7-11(13)8-18-6-4-14(10-18)3-5-17-9-14/h1-2,7,17H,3-6,8-10H2. The van der Waals surface area contributed by atoms with E-state index < -0.39 is 0 Å². The van der Waals surface area contributed by atoms with Gasteiger partial charge in [0.1, 0.15) is 0 Å². The summed E-state index contributed by atoms with van der Waals surface area (Å²) in [5.41, 5.74) is 1.84. The van der Waals surface area contributed by atoms with Crippen LogP contribution in [0.1, 0.15) is 18.4 Å². The van der Waals surface area contributed by atoms with Crippen molar-refractivity contribution < 1.29 is 0 Å². The Balaban J connectivity index is 1.69. The molecule has 4 heteroatoms. The molecule has 3 rings (SSSR count). The minimum atomic E-state index is 0.547.